The van der Waals surface area contributed by atoms with Gasteiger partial charge in [-0.1, -0.05) is 30.3 Å². The van der Waals surface area contributed by atoms with Gasteiger partial charge in [0.05, 0.1) is 33.2 Å². The number of ether oxygens (including phenoxy) is 1. The fourth-order valence-electron chi connectivity index (χ4n) is 2.00. The van der Waals surface area contributed by atoms with Crippen molar-refractivity contribution in [3.8, 4) is 11.3 Å². The Kier molecular flexibility index (Phi) is 5.96. The highest BCUT2D eigenvalue weighted by Gasteiger charge is 2.19. The molecule has 2 aromatic rings. The number of nitrogens with zero attached hydrogens (tertiary/aromatic N) is 1. The van der Waals surface area contributed by atoms with E-state index in [9.17, 15) is 4.79 Å². The Hall–Kier alpha value is -0.720. The number of hydrogen-bond acceptors (Lipinski definition) is 3. The Morgan fingerprint density at radius 2 is 1.90 bits per heavy atom. The Morgan fingerprint density at radius 3 is 2.52 bits per heavy atom. The van der Waals surface area contributed by atoms with Crippen LogP contribution in [0.5, 0.6) is 0 Å². The fraction of sp³-hybridized carbons (Fsp3) is 0.267. The summed E-state index contributed by atoms with van der Waals surface area (Å²) >= 11 is 8.91. The third kappa shape index (κ3) is 3.73. The first-order chi connectivity index (χ1) is 10.1. The quantitative estimate of drug-likeness (QED) is 0.498. The van der Waals surface area contributed by atoms with Crippen LogP contribution in [-0.4, -0.2) is 23.4 Å². The van der Waals surface area contributed by atoms with E-state index >= 15 is 0 Å². The van der Waals surface area contributed by atoms with E-state index in [1.54, 1.807) is 11.8 Å². The highest BCUT2D eigenvalue weighted by atomic mass is 79.9. The van der Waals surface area contributed by atoms with Crippen LogP contribution in [0.3, 0.4) is 0 Å². The summed E-state index contributed by atoms with van der Waals surface area (Å²) in [6.07, 6.45) is 0.400. The minimum Gasteiger partial charge on any atom is -0.469 e. The van der Waals surface area contributed by atoms with Crippen LogP contribution in [0, 0.1) is 0 Å². The fourth-order valence-corrected chi connectivity index (χ4v) is 4.59. The van der Waals surface area contributed by atoms with E-state index in [-0.39, 0.29) is 5.97 Å². The van der Waals surface area contributed by atoms with Crippen LogP contribution < -0.4 is 0 Å². The van der Waals surface area contributed by atoms with Gasteiger partial charge in [0.25, 0.3) is 0 Å². The smallest absolute Gasteiger partial charge is 0.306 e. The zero-order chi connectivity index (χ0) is 15.4. The average Bonchev–Trinajstić information content (AvgIpc) is 2.71. The molecule has 0 unspecified atom stereocenters. The molecule has 2 rings (SSSR count). The second-order valence-corrected chi connectivity index (χ2v) is 7.05. The molecule has 1 heterocycles. The number of methoxy groups -OCH3 is 1. The lowest BCUT2D eigenvalue weighted by Gasteiger charge is -2.08. The van der Waals surface area contributed by atoms with Gasteiger partial charge in [0.15, 0.2) is 0 Å². The standard InChI is InChI=1S/C15H15Br2NO2S/c1-18-14(10-6-4-3-5-7-10)12(16)13(17)15(18)21-9-8-11(19)20-2/h3-7H,8-9H2,1-2H3. The molecule has 0 atom stereocenters. The van der Waals surface area contributed by atoms with Crippen molar-refractivity contribution in [1.82, 2.24) is 4.57 Å². The molecule has 0 bridgehead atoms. The largest absolute Gasteiger partial charge is 0.469 e. The lowest BCUT2D eigenvalue weighted by Crippen LogP contribution is -2.02. The summed E-state index contributed by atoms with van der Waals surface area (Å²) in [6, 6.07) is 10.2. The maximum atomic E-state index is 11.2. The lowest BCUT2D eigenvalue weighted by molar-refractivity contribution is -0.140. The molecule has 0 N–H and O–H groups in total. The Bertz CT molecular complexity index is 641. The molecule has 21 heavy (non-hydrogen) atoms. The van der Waals surface area contributed by atoms with Crippen molar-refractivity contribution in [1.29, 1.82) is 0 Å². The summed E-state index contributed by atoms with van der Waals surface area (Å²) in [5, 5.41) is 1.09. The minimum absolute atomic E-state index is 0.185. The first-order valence-corrected chi connectivity index (χ1v) is 8.92. The van der Waals surface area contributed by atoms with Gasteiger partial charge >= 0.3 is 5.97 Å². The molecular weight excluding hydrogens is 418 g/mol. The van der Waals surface area contributed by atoms with E-state index in [0.717, 1.165) is 25.2 Å². The molecule has 3 nitrogen and oxygen atoms in total. The van der Waals surface area contributed by atoms with Crippen LogP contribution in [0.15, 0.2) is 44.3 Å². The number of esters is 1. The number of benzene rings is 1. The van der Waals surface area contributed by atoms with Gasteiger partial charge in [0, 0.05) is 12.8 Å². The maximum Gasteiger partial charge on any atom is 0.306 e. The van der Waals surface area contributed by atoms with Crippen molar-refractivity contribution in [3.05, 3.63) is 39.3 Å². The van der Waals surface area contributed by atoms with E-state index in [1.807, 2.05) is 25.2 Å². The topological polar surface area (TPSA) is 31.2 Å². The number of carbonyl (C=O) groups excluding carboxylic acids is 1. The Labute approximate surface area is 145 Å². The van der Waals surface area contributed by atoms with Gasteiger partial charge in [-0.25, -0.2) is 0 Å². The second kappa shape index (κ2) is 7.51. The molecule has 0 fully saturated rings. The average molecular weight is 433 g/mol. The van der Waals surface area contributed by atoms with Crippen molar-refractivity contribution < 1.29 is 9.53 Å². The molecule has 0 aliphatic heterocycles. The third-order valence-corrected chi connectivity index (χ3v) is 6.55. The molecule has 1 aromatic carbocycles. The highest BCUT2D eigenvalue weighted by Crippen LogP contribution is 2.42. The number of thioether (sulfide) groups is 1. The molecule has 0 amide bonds. The first-order valence-electron chi connectivity index (χ1n) is 6.35. The zero-order valence-electron chi connectivity index (χ0n) is 11.7. The molecular formula is C15H15Br2NO2S. The van der Waals surface area contributed by atoms with Gasteiger partial charge in [-0.3, -0.25) is 4.79 Å². The maximum absolute atomic E-state index is 11.2. The molecule has 0 saturated heterocycles. The predicted molar refractivity (Wildman–Crippen MR) is 93.6 cm³/mol. The molecule has 6 heteroatoms. The zero-order valence-corrected chi connectivity index (χ0v) is 15.7. The molecule has 0 aliphatic carbocycles. The van der Waals surface area contributed by atoms with Crippen molar-refractivity contribution >= 4 is 49.6 Å². The summed E-state index contributed by atoms with van der Waals surface area (Å²) in [5.74, 6) is 0.499. The van der Waals surface area contributed by atoms with Gasteiger partial charge in [0.2, 0.25) is 0 Å². The molecule has 0 aliphatic rings. The van der Waals surface area contributed by atoms with Crippen LogP contribution in [0.25, 0.3) is 11.3 Å². The first kappa shape index (κ1) is 16.6. The Balaban J connectivity index is 2.26. The van der Waals surface area contributed by atoms with Crippen molar-refractivity contribution in [2.24, 2.45) is 7.05 Å². The minimum atomic E-state index is -0.185. The van der Waals surface area contributed by atoms with Gasteiger partial charge in [-0.2, -0.15) is 0 Å². The van der Waals surface area contributed by atoms with Gasteiger partial charge in [0.1, 0.15) is 0 Å². The summed E-state index contributed by atoms with van der Waals surface area (Å²) < 4.78 is 8.83. The molecule has 0 spiro atoms. The molecule has 112 valence electrons. The van der Waals surface area contributed by atoms with Crippen molar-refractivity contribution in [2.75, 3.05) is 12.9 Å². The van der Waals surface area contributed by atoms with Crippen molar-refractivity contribution in [3.63, 3.8) is 0 Å². The van der Waals surface area contributed by atoms with Crippen LogP contribution in [0.2, 0.25) is 0 Å². The summed E-state index contributed by atoms with van der Waals surface area (Å²) in [6.45, 7) is 0. The van der Waals surface area contributed by atoms with Crippen LogP contribution in [0.4, 0.5) is 0 Å². The van der Waals surface area contributed by atoms with Gasteiger partial charge in [-0.15, -0.1) is 11.8 Å². The summed E-state index contributed by atoms with van der Waals surface area (Å²) in [4.78, 5) is 11.2. The summed E-state index contributed by atoms with van der Waals surface area (Å²) in [7, 11) is 3.44. The van der Waals surface area contributed by atoms with E-state index < -0.39 is 0 Å². The van der Waals surface area contributed by atoms with Crippen LogP contribution in [0.1, 0.15) is 6.42 Å². The normalized spacial score (nSPS) is 10.7. The van der Waals surface area contributed by atoms with Crippen molar-refractivity contribution in [2.45, 2.75) is 11.4 Å². The number of hydrogen-bond donors (Lipinski definition) is 0. The number of carbonyl (C=O) groups is 1. The van der Waals surface area contributed by atoms with E-state index in [4.69, 9.17) is 0 Å². The number of aromatic nitrogens is 1. The molecule has 0 radical (unpaired) electrons. The summed E-state index contributed by atoms with van der Waals surface area (Å²) in [5.41, 5.74) is 2.26. The van der Waals surface area contributed by atoms with Crippen LogP contribution >= 0.6 is 43.6 Å². The van der Waals surface area contributed by atoms with E-state index in [2.05, 4.69) is 53.3 Å². The van der Waals surface area contributed by atoms with E-state index in [1.165, 1.54) is 7.11 Å². The lowest BCUT2D eigenvalue weighted by atomic mass is 10.1. The SMILES string of the molecule is COC(=O)CCSc1c(Br)c(Br)c(-c2ccccc2)n1C. The van der Waals surface area contributed by atoms with Crippen LogP contribution in [-0.2, 0) is 16.6 Å². The molecule has 0 saturated carbocycles. The number of halogens is 2. The third-order valence-electron chi connectivity index (χ3n) is 3.05. The second-order valence-electron chi connectivity index (χ2n) is 4.38. The predicted octanol–water partition coefficient (Wildman–Crippen LogP) is 4.87. The van der Waals surface area contributed by atoms with E-state index in [0.29, 0.717) is 12.2 Å². The Morgan fingerprint density at radius 1 is 1.24 bits per heavy atom. The van der Waals surface area contributed by atoms with Gasteiger partial charge in [-0.05, 0) is 37.4 Å². The molecule has 1 aromatic heterocycles. The monoisotopic (exact) mass is 431 g/mol. The van der Waals surface area contributed by atoms with Gasteiger partial charge < -0.3 is 9.30 Å². The highest BCUT2D eigenvalue weighted by molar-refractivity contribution is 9.13. The number of rotatable bonds is 5.